The van der Waals surface area contributed by atoms with Crippen LogP contribution < -0.4 is 4.90 Å². The molecule has 4 heterocycles. The molecule has 1 aromatic carbocycles. The van der Waals surface area contributed by atoms with Gasteiger partial charge in [0, 0.05) is 64.2 Å². The SMILES string of the molecule is O=C(c1cc(S(=O)(=O)N2CCC[C@@H](C(=O)N3CCN(c4ccccc4)CC3)C2)c[nH]1)N1CCCC1. The molecule has 3 saturated heterocycles. The second kappa shape index (κ2) is 10.0. The van der Waals surface area contributed by atoms with Crippen molar-refractivity contribution in [3.05, 3.63) is 48.3 Å². The van der Waals surface area contributed by atoms with E-state index in [1.807, 2.05) is 23.1 Å². The summed E-state index contributed by atoms with van der Waals surface area (Å²) in [7, 11) is -3.79. The number of para-hydroxylation sites is 1. The Hall–Kier alpha value is -2.85. The van der Waals surface area contributed by atoms with E-state index in [0.717, 1.165) is 31.6 Å². The topological polar surface area (TPSA) is 97.0 Å². The lowest BCUT2D eigenvalue weighted by molar-refractivity contribution is -0.137. The molecule has 0 bridgehead atoms. The Morgan fingerprint density at radius 1 is 0.857 bits per heavy atom. The number of nitrogens with one attached hydrogen (secondary N) is 1. The Balaban J connectivity index is 1.21. The smallest absolute Gasteiger partial charge is 0.270 e. The van der Waals surface area contributed by atoms with Crippen molar-refractivity contribution >= 4 is 27.5 Å². The lowest BCUT2D eigenvalue weighted by Crippen LogP contribution is -2.53. The van der Waals surface area contributed by atoms with Gasteiger partial charge in [0.1, 0.15) is 10.6 Å². The molecule has 2 aromatic rings. The second-order valence-corrected chi connectivity index (χ2v) is 11.5. The third-order valence-electron chi connectivity index (χ3n) is 7.36. The van der Waals surface area contributed by atoms with Crippen molar-refractivity contribution in [2.45, 2.75) is 30.6 Å². The predicted molar refractivity (Wildman–Crippen MR) is 133 cm³/mol. The molecule has 188 valence electrons. The first-order valence-corrected chi connectivity index (χ1v) is 13.9. The van der Waals surface area contributed by atoms with Crippen molar-refractivity contribution in [1.82, 2.24) is 19.1 Å². The van der Waals surface area contributed by atoms with Gasteiger partial charge < -0.3 is 19.7 Å². The Morgan fingerprint density at radius 3 is 2.29 bits per heavy atom. The molecule has 1 N–H and O–H groups in total. The summed E-state index contributed by atoms with van der Waals surface area (Å²) in [5.74, 6) is -0.465. The molecule has 1 aromatic heterocycles. The zero-order valence-electron chi connectivity index (χ0n) is 19.9. The minimum Gasteiger partial charge on any atom is -0.368 e. The van der Waals surface area contributed by atoms with Crippen LogP contribution in [0.3, 0.4) is 0 Å². The minimum atomic E-state index is -3.79. The molecule has 2 amide bonds. The van der Waals surface area contributed by atoms with E-state index < -0.39 is 10.0 Å². The molecule has 0 saturated carbocycles. The van der Waals surface area contributed by atoms with Gasteiger partial charge in [-0.3, -0.25) is 9.59 Å². The van der Waals surface area contributed by atoms with Crippen LogP contribution in [0.1, 0.15) is 36.2 Å². The van der Waals surface area contributed by atoms with Crippen molar-refractivity contribution in [3.63, 3.8) is 0 Å². The van der Waals surface area contributed by atoms with Crippen LogP contribution in [0.5, 0.6) is 0 Å². The first-order valence-electron chi connectivity index (χ1n) is 12.5. The number of nitrogens with zero attached hydrogens (tertiary/aromatic N) is 4. The van der Waals surface area contributed by atoms with Gasteiger partial charge in [0.15, 0.2) is 0 Å². The zero-order valence-corrected chi connectivity index (χ0v) is 20.8. The molecule has 35 heavy (non-hydrogen) atoms. The van der Waals surface area contributed by atoms with Crippen LogP contribution in [0, 0.1) is 5.92 Å². The van der Waals surface area contributed by atoms with Gasteiger partial charge in [-0.25, -0.2) is 8.42 Å². The molecular weight excluding hydrogens is 466 g/mol. The summed E-state index contributed by atoms with van der Waals surface area (Å²) in [6.07, 6.45) is 4.68. The summed E-state index contributed by atoms with van der Waals surface area (Å²) >= 11 is 0. The fraction of sp³-hybridized carbons (Fsp3) is 0.520. The lowest BCUT2D eigenvalue weighted by atomic mass is 9.97. The maximum atomic E-state index is 13.3. The number of likely N-dealkylation sites (tertiary alicyclic amines) is 1. The number of piperazine rings is 1. The van der Waals surface area contributed by atoms with Crippen LogP contribution in [0.2, 0.25) is 0 Å². The number of aromatic nitrogens is 1. The van der Waals surface area contributed by atoms with Crippen LogP contribution in [-0.4, -0.2) is 91.7 Å². The molecule has 0 radical (unpaired) electrons. The van der Waals surface area contributed by atoms with Gasteiger partial charge in [-0.2, -0.15) is 4.31 Å². The number of anilines is 1. The van der Waals surface area contributed by atoms with Gasteiger partial charge in [-0.15, -0.1) is 0 Å². The van der Waals surface area contributed by atoms with Crippen LogP contribution in [0.25, 0.3) is 0 Å². The number of sulfonamides is 1. The minimum absolute atomic E-state index is 0.0385. The summed E-state index contributed by atoms with van der Waals surface area (Å²) < 4.78 is 28.1. The van der Waals surface area contributed by atoms with Crippen molar-refractivity contribution < 1.29 is 18.0 Å². The molecule has 0 unspecified atom stereocenters. The second-order valence-electron chi connectivity index (χ2n) is 9.60. The third kappa shape index (κ3) is 4.95. The lowest BCUT2D eigenvalue weighted by Gasteiger charge is -2.39. The summed E-state index contributed by atoms with van der Waals surface area (Å²) in [4.78, 5) is 34.7. The Labute approximate surface area is 206 Å². The summed E-state index contributed by atoms with van der Waals surface area (Å²) in [5.41, 5.74) is 1.45. The third-order valence-corrected chi connectivity index (χ3v) is 9.21. The average Bonchev–Trinajstić information content (AvgIpc) is 3.62. The quantitative estimate of drug-likeness (QED) is 0.679. The Morgan fingerprint density at radius 2 is 1.57 bits per heavy atom. The van der Waals surface area contributed by atoms with E-state index in [1.54, 1.807) is 4.90 Å². The van der Waals surface area contributed by atoms with Gasteiger partial charge in [-0.05, 0) is 43.9 Å². The fourth-order valence-corrected chi connectivity index (χ4v) is 6.85. The average molecular weight is 500 g/mol. The molecule has 0 aliphatic carbocycles. The fourth-order valence-electron chi connectivity index (χ4n) is 5.33. The van der Waals surface area contributed by atoms with Crippen LogP contribution >= 0.6 is 0 Å². The van der Waals surface area contributed by atoms with Gasteiger partial charge in [-0.1, -0.05) is 18.2 Å². The Bertz CT molecular complexity index is 1150. The van der Waals surface area contributed by atoms with Gasteiger partial charge in [0.25, 0.3) is 5.91 Å². The Kier molecular flexibility index (Phi) is 6.84. The number of piperidine rings is 1. The number of benzene rings is 1. The van der Waals surface area contributed by atoms with Gasteiger partial charge >= 0.3 is 0 Å². The molecule has 5 rings (SSSR count). The number of H-pyrrole nitrogens is 1. The normalized spacial score (nSPS) is 21.9. The number of hydrogen-bond acceptors (Lipinski definition) is 5. The molecule has 1 atom stereocenters. The predicted octanol–water partition coefficient (Wildman–Crippen LogP) is 2.00. The zero-order chi connectivity index (χ0) is 24.4. The first kappa shape index (κ1) is 23.9. The van der Waals surface area contributed by atoms with Crippen molar-refractivity contribution in [1.29, 1.82) is 0 Å². The number of aromatic amines is 1. The number of carbonyl (C=O) groups is 2. The summed E-state index contributed by atoms with van der Waals surface area (Å²) in [6, 6.07) is 11.6. The highest BCUT2D eigenvalue weighted by Gasteiger charge is 2.36. The summed E-state index contributed by atoms with van der Waals surface area (Å²) in [6.45, 7) is 4.77. The highest BCUT2D eigenvalue weighted by molar-refractivity contribution is 7.89. The number of rotatable bonds is 5. The maximum absolute atomic E-state index is 13.3. The highest BCUT2D eigenvalue weighted by atomic mass is 32.2. The van der Waals surface area contributed by atoms with E-state index in [1.165, 1.54) is 16.6 Å². The molecule has 3 aliphatic heterocycles. The first-order chi connectivity index (χ1) is 16.9. The van der Waals surface area contributed by atoms with Crippen LogP contribution in [0.15, 0.2) is 47.5 Å². The maximum Gasteiger partial charge on any atom is 0.270 e. The van der Waals surface area contributed by atoms with E-state index >= 15 is 0 Å². The monoisotopic (exact) mass is 499 g/mol. The van der Waals surface area contributed by atoms with Crippen LogP contribution in [-0.2, 0) is 14.8 Å². The standard InChI is InChI=1S/C25H33N5O4S/c31-24(29-15-13-27(14-16-29)21-8-2-1-3-9-21)20-7-6-12-30(19-20)35(33,34)22-17-23(26-18-22)25(32)28-10-4-5-11-28/h1-3,8-9,17-18,20,26H,4-7,10-16,19H2/t20-/m1/s1. The van der Waals surface area contributed by atoms with Crippen molar-refractivity contribution in [2.24, 2.45) is 5.92 Å². The van der Waals surface area contributed by atoms with E-state index in [4.69, 9.17) is 0 Å². The van der Waals surface area contributed by atoms with E-state index in [-0.39, 0.29) is 29.2 Å². The number of amides is 2. The van der Waals surface area contributed by atoms with Crippen molar-refractivity contribution in [2.75, 3.05) is 57.3 Å². The number of carbonyl (C=O) groups excluding carboxylic acids is 2. The highest BCUT2D eigenvalue weighted by Crippen LogP contribution is 2.27. The summed E-state index contributed by atoms with van der Waals surface area (Å²) in [5, 5.41) is 0. The molecule has 3 fully saturated rings. The molecule has 3 aliphatic rings. The largest absolute Gasteiger partial charge is 0.368 e. The van der Waals surface area contributed by atoms with E-state index in [2.05, 4.69) is 22.0 Å². The van der Waals surface area contributed by atoms with Gasteiger partial charge in [0.05, 0.1) is 5.92 Å². The van der Waals surface area contributed by atoms with Gasteiger partial charge in [0.2, 0.25) is 15.9 Å². The molecular formula is C25H33N5O4S. The molecule has 9 nitrogen and oxygen atoms in total. The molecule has 10 heteroatoms. The van der Waals surface area contributed by atoms with E-state index in [0.29, 0.717) is 51.3 Å². The van der Waals surface area contributed by atoms with Crippen molar-refractivity contribution in [3.8, 4) is 0 Å². The number of hydrogen-bond donors (Lipinski definition) is 1. The van der Waals surface area contributed by atoms with Crippen LogP contribution in [0.4, 0.5) is 5.69 Å². The molecule has 0 spiro atoms. The van der Waals surface area contributed by atoms with E-state index in [9.17, 15) is 18.0 Å².